The molecule has 1 fully saturated rings. The van der Waals surface area contributed by atoms with Gasteiger partial charge in [0, 0.05) is 24.6 Å². The van der Waals surface area contributed by atoms with Crippen molar-refractivity contribution in [3.8, 4) is 0 Å². The summed E-state index contributed by atoms with van der Waals surface area (Å²) >= 11 is 7.83. The van der Waals surface area contributed by atoms with Crippen molar-refractivity contribution in [3.63, 3.8) is 0 Å². The molecule has 0 radical (unpaired) electrons. The number of aromatic nitrogens is 1. The molecule has 1 aromatic heterocycles. The van der Waals surface area contributed by atoms with E-state index in [0.29, 0.717) is 10.4 Å². The van der Waals surface area contributed by atoms with Gasteiger partial charge in [-0.05, 0) is 29.5 Å². The van der Waals surface area contributed by atoms with Gasteiger partial charge in [-0.15, -0.1) is 11.3 Å². The van der Waals surface area contributed by atoms with Crippen LogP contribution < -0.4 is 5.32 Å². The fourth-order valence-electron chi connectivity index (χ4n) is 2.70. The molecule has 2 aromatic rings. The molecular formula is C20H19ClN4O5S2. The van der Waals surface area contributed by atoms with Crippen molar-refractivity contribution in [3.05, 3.63) is 59.9 Å². The topological polar surface area (TPSA) is 123 Å². The summed E-state index contributed by atoms with van der Waals surface area (Å²) in [5, 5.41) is 14.1. The van der Waals surface area contributed by atoms with Gasteiger partial charge in [-0.1, -0.05) is 38.4 Å². The molecule has 1 N–H and O–H groups in total. The van der Waals surface area contributed by atoms with E-state index in [9.17, 15) is 24.5 Å². The molecule has 2 heterocycles. The zero-order valence-corrected chi connectivity index (χ0v) is 19.8. The number of amides is 3. The number of nitro benzene ring substituents is 1. The molecule has 32 heavy (non-hydrogen) atoms. The number of hydrogen-bond acceptors (Lipinski definition) is 8. The quantitative estimate of drug-likeness (QED) is 0.357. The average molecular weight is 495 g/mol. The minimum atomic E-state index is -0.623. The van der Waals surface area contributed by atoms with E-state index < -0.39 is 16.1 Å². The average Bonchev–Trinajstić information content (AvgIpc) is 3.30. The predicted octanol–water partition coefficient (Wildman–Crippen LogP) is 4.47. The first-order valence-electron chi connectivity index (χ1n) is 9.41. The van der Waals surface area contributed by atoms with Crippen LogP contribution in [0.5, 0.6) is 0 Å². The Kier molecular flexibility index (Phi) is 7.01. The number of rotatable bonds is 6. The van der Waals surface area contributed by atoms with Crippen molar-refractivity contribution in [2.24, 2.45) is 0 Å². The number of nitrogens with zero attached hydrogens (tertiary/aromatic N) is 3. The van der Waals surface area contributed by atoms with Crippen molar-refractivity contribution in [2.45, 2.75) is 26.2 Å². The molecule has 1 saturated heterocycles. The second-order valence-electron chi connectivity index (χ2n) is 7.84. The van der Waals surface area contributed by atoms with Crippen LogP contribution >= 0.6 is 34.7 Å². The number of halogens is 1. The lowest BCUT2D eigenvalue weighted by molar-refractivity contribution is -0.384. The highest BCUT2D eigenvalue weighted by atomic mass is 35.5. The third-order valence-corrected chi connectivity index (χ3v) is 6.98. The lowest BCUT2D eigenvalue weighted by Crippen LogP contribution is -2.37. The van der Waals surface area contributed by atoms with E-state index in [4.69, 9.17) is 11.6 Å². The number of imide groups is 1. The molecule has 12 heteroatoms. The summed E-state index contributed by atoms with van der Waals surface area (Å²) in [5.41, 5.74) is -0.0815. The Labute approximate surface area is 197 Å². The molecule has 0 atom stereocenters. The first-order valence-corrected chi connectivity index (χ1v) is 11.4. The number of nitrogens with one attached hydrogen (secondary N) is 1. The molecule has 0 spiro atoms. The van der Waals surface area contributed by atoms with Crippen LogP contribution in [0, 0.1) is 10.1 Å². The molecule has 0 bridgehead atoms. The van der Waals surface area contributed by atoms with E-state index in [1.54, 1.807) is 0 Å². The smallest absolute Gasteiger partial charge is 0.293 e. The number of hydrogen-bond donors (Lipinski definition) is 1. The van der Waals surface area contributed by atoms with Gasteiger partial charge in [0.2, 0.25) is 0 Å². The highest BCUT2D eigenvalue weighted by Crippen LogP contribution is 2.33. The van der Waals surface area contributed by atoms with E-state index >= 15 is 0 Å². The van der Waals surface area contributed by atoms with Crippen LogP contribution in [-0.2, 0) is 10.2 Å². The molecular weight excluding hydrogens is 476 g/mol. The zero-order valence-electron chi connectivity index (χ0n) is 17.4. The SMILES string of the molecule is CC(C)(C)c1ncc(C(=O)NCCN2C(=O)S/C(=C/c3ccc(Cl)c([N+](=O)[O-])c3)C2=O)s1. The maximum absolute atomic E-state index is 12.6. The second-order valence-corrected chi connectivity index (χ2v) is 10.3. The van der Waals surface area contributed by atoms with Gasteiger partial charge in [-0.25, -0.2) is 4.98 Å². The summed E-state index contributed by atoms with van der Waals surface area (Å²) in [4.78, 5) is 53.5. The minimum absolute atomic E-state index is 0.000552. The van der Waals surface area contributed by atoms with Crippen molar-refractivity contribution in [1.82, 2.24) is 15.2 Å². The maximum atomic E-state index is 12.6. The van der Waals surface area contributed by atoms with Gasteiger partial charge in [-0.3, -0.25) is 29.4 Å². The fourth-order valence-corrected chi connectivity index (χ4v) is 4.64. The van der Waals surface area contributed by atoms with Gasteiger partial charge in [-0.2, -0.15) is 0 Å². The van der Waals surface area contributed by atoms with Crippen LogP contribution in [0.15, 0.2) is 29.3 Å². The van der Waals surface area contributed by atoms with Crippen molar-refractivity contribution >= 4 is 63.5 Å². The number of carbonyl (C=O) groups excluding carboxylic acids is 3. The van der Waals surface area contributed by atoms with Gasteiger partial charge in [0.1, 0.15) is 9.90 Å². The van der Waals surface area contributed by atoms with E-state index in [1.807, 2.05) is 20.8 Å². The maximum Gasteiger partial charge on any atom is 0.293 e. The van der Waals surface area contributed by atoms with Crippen LogP contribution in [0.1, 0.15) is 41.0 Å². The Bertz CT molecular complexity index is 1140. The molecule has 168 valence electrons. The fraction of sp³-hybridized carbons (Fsp3) is 0.300. The van der Waals surface area contributed by atoms with Crippen LogP contribution in [0.4, 0.5) is 10.5 Å². The highest BCUT2D eigenvalue weighted by molar-refractivity contribution is 8.18. The Morgan fingerprint density at radius 2 is 2.06 bits per heavy atom. The van der Waals surface area contributed by atoms with E-state index in [1.165, 1.54) is 41.8 Å². The zero-order chi connectivity index (χ0) is 23.6. The molecule has 1 aliphatic heterocycles. The summed E-state index contributed by atoms with van der Waals surface area (Å²) in [5.74, 6) is -0.853. The molecule has 3 amide bonds. The Morgan fingerprint density at radius 1 is 1.34 bits per heavy atom. The molecule has 3 rings (SSSR count). The molecule has 1 aromatic carbocycles. The Balaban J connectivity index is 1.62. The van der Waals surface area contributed by atoms with Crippen LogP contribution in [0.2, 0.25) is 5.02 Å². The Morgan fingerprint density at radius 3 is 2.69 bits per heavy atom. The monoisotopic (exact) mass is 494 g/mol. The van der Waals surface area contributed by atoms with Crippen molar-refractivity contribution < 1.29 is 19.3 Å². The molecule has 0 unspecified atom stereocenters. The highest BCUT2D eigenvalue weighted by Gasteiger charge is 2.35. The van der Waals surface area contributed by atoms with E-state index in [2.05, 4.69) is 10.3 Å². The number of thioether (sulfide) groups is 1. The van der Waals surface area contributed by atoms with Gasteiger partial charge in [0.05, 0.1) is 21.0 Å². The predicted molar refractivity (Wildman–Crippen MR) is 124 cm³/mol. The van der Waals surface area contributed by atoms with Crippen molar-refractivity contribution in [1.29, 1.82) is 0 Å². The lowest BCUT2D eigenvalue weighted by Gasteiger charge is -2.13. The normalized spacial score (nSPS) is 15.5. The number of thiazole rings is 1. The number of carbonyl (C=O) groups is 3. The van der Waals surface area contributed by atoms with E-state index in [-0.39, 0.29) is 40.0 Å². The standard InChI is InChI=1S/C20H19ClN4O5S2/c1-20(2,3)18-23-10-15(31-18)16(26)22-6-7-24-17(27)14(32-19(24)28)9-11-4-5-12(21)13(8-11)25(29)30/h4-5,8-10H,6-7H2,1-3H3,(H,22,26)/b14-9+. The second kappa shape index (κ2) is 9.39. The van der Waals surface area contributed by atoms with Crippen LogP contribution in [0.25, 0.3) is 6.08 Å². The van der Waals surface area contributed by atoms with Crippen LogP contribution in [0.3, 0.4) is 0 Å². The largest absolute Gasteiger partial charge is 0.349 e. The third-order valence-electron chi connectivity index (χ3n) is 4.33. The van der Waals surface area contributed by atoms with Gasteiger partial charge in [0.15, 0.2) is 0 Å². The first-order chi connectivity index (χ1) is 15.0. The minimum Gasteiger partial charge on any atom is -0.349 e. The number of benzene rings is 1. The number of nitro groups is 1. The summed E-state index contributed by atoms with van der Waals surface area (Å²) < 4.78 is 0. The lowest BCUT2D eigenvalue weighted by atomic mass is 9.98. The molecule has 1 aliphatic rings. The summed E-state index contributed by atoms with van der Waals surface area (Å²) in [6.07, 6.45) is 2.91. The summed E-state index contributed by atoms with van der Waals surface area (Å²) in [6, 6.07) is 4.11. The molecule has 0 aliphatic carbocycles. The van der Waals surface area contributed by atoms with Crippen molar-refractivity contribution in [2.75, 3.05) is 13.1 Å². The molecule has 9 nitrogen and oxygen atoms in total. The van der Waals surface area contributed by atoms with E-state index in [0.717, 1.165) is 21.7 Å². The van der Waals surface area contributed by atoms with Crippen LogP contribution in [-0.4, -0.2) is 45.0 Å². The van der Waals surface area contributed by atoms with Gasteiger partial charge < -0.3 is 5.32 Å². The van der Waals surface area contributed by atoms with Gasteiger partial charge >= 0.3 is 0 Å². The third kappa shape index (κ3) is 5.34. The Hall–Kier alpha value is -2.76. The van der Waals surface area contributed by atoms with Gasteiger partial charge in [0.25, 0.3) is 22.7 Å². The molecule has 0 saturated carbocycles. The first kappa shape index (κ1) is 23.9. The summed E-state index contributed by atoms with van der Waals surface area (Å²) in [7, 11) is 0. The summed E-state index contributed by atoms with van der Waals surface area (Å²) in [6.45, 7) is 6.09.